The van der Waals surface area contributed by atoms with Gasteiger partial charge in [-0.15, -0.1) is 0 Å². The largest absolute Gasteiger partial charge is 0.249 e. The van der Waals surface area contributed by atoms with Gasteiger partial charge in [-0.2, -0.15) is 5.10 Å². The number of rotatable bonds is 8. The summed E-state index contributed by atoms with van der Waals surface area (Å²) >= 11 is 0. The smallest absolute Gasteiger partial charge is 0.212 e. The molecule has 0 bridgehead atoms. The fourth-order valence-electron chi connectivity index (χ4n) is 1.71. The van der Waals surface area contributed by atoms with Gasteiger partial charge in [-0.05, 0) is 19.8 Å². The number of aryl methyl sites for hydroxylation is 1. The van der Waals surface area contributed by atoms with Gasteiger partial charge in [0.05, 0.1) is 11.8 Å². The van der Waals surface area contributed by atoms with Gasteiger partial charge < -0.3 is 0 Å². The van der Waals surface area contributed by atoms with Gasteiger partial charge in [-0.1, -0.05) is 20.3 Å². The van der Waals surface area contributed by atoms with Crippen LogP contribution in [0.3, 0.4) is 0 Å². The van der Waals surface area contributed by atoms with E-state index in [4.69, 9.17) is 0 Å². The Morgan fingerprint density at radius 2 is 2.11 bits per heavy atom. The number of nitrogens with one attached hydrogen (secondary N) is 1. The van der Waals surface area contributed by atoms with Crippen molar-refractivity contribution >= 4 is 10.0 Å². The van der Waals surface area contributed by atoms with E-state index in [2.05, 4.69) is 14.8 Å². The summed E-state index contributed by atoms with van der Waals surface area (Å²) in [5.41, 5.74) is 0. The van der Waals surface area contributed by atoms with E-state index in [1.807, 2.05) is 13.8 Å². The summed E-state index contributed by atoms with van der Waals surface area (Å²) in [5, 5.41) is 4.09. The van der Waals surface area contributed by atoms with Gasteiger partial charge in [0.25, 0.3) is 0 Å². The molecule has 18 heavy (non-hydrogen) atoms. The molecule has 0 aliphatic carbocycles. The van der Waals surface area contributed by atoms with E-state index in [0.29, 0.717) is 12.2 Å². The minimum Gasteiger partial charge on any atom is -0.249 e. The molecule has 0 fully saturated rings. The number of unbranched alkanes of at least 4 members (excludes halogenated alkanes) is 1. The van der Waals surface area contributed by atoms with Crippen LogP contribution in [0.15, 0.2) is 6.33 Å². The lowest BCUT2D eigenvalue weighted by Crippen LogP contribution is -2.31. The van der Waals surface area contributed by atoms with Crippen molar-refractivity contribution in [3.8, 4) is 0 Å². The summed E-state index contributed by atoms with van der Waals surface area (Å²) < 4.78 is 28.0. The quantitative estimate of drug-likeness (QED) is 0.778. The molecule has 1 aromatic heterocycles. The predicted molar refractivity (Wildman–Crippen MR) is 70.6 cm³/mol. The van der Waals surface area contributed by atoms with Gasteiger partial charge in [0, 0.05) is 6.54 Å². The van der Waals surface area contributed by atoms with E-state index in [0.717, 1.165) is 19.4 Å². The van der Waals surface area contributed by atoms with Crippen LogP contribution in [0.4, 0.5) is 0 Å². The Labute approximate surface area is 109 Å². The van der Waals surface area contributed by atoms with Crippen molar-refractivity contribution in [1.82, 2.24) is 19.5 Å². The van der Waals surface area contributed by atoms with E-state index in [1.165, 1.54) is 6.33 Å². The van der Waals surface area contributed by atoms with Crippen LogP contribution < -0.4 is 4.72 Å². The zero-order valence-corrected chi connectivity index (χ0v) is 12.1. The average molecular weight is 274 g/mol. The molecule has 1 atom stereocenters. The van der Waals surface area contributed by atoms with Crippen LogP contribution in [0, 0.1) is 0 Å². The van der Waals surface area contributed by atoms with Crippen LogP contribution in [-0.4, -0.2) is 28.9 Å². The Morgan fingerprint density at radius 3 is 2.72 bits per heavy atom. The topological polar surface area (TPSA) is 76.9 Å². The zero-order chi connectivity index (χ0) is 13.6. The van der Waals surface area contributed by atoms with Gasteiger partial charge in [0.2, 0.25) is 10.0 Å². The molecule has 0 aliphatic heterocycles. The fourth-order valence-corrected chi connectivity index (χ4v) is 3.14. The highest BCUT2D eigenvalue weighted by Gasteiger charge is 2.19. The first-order valence-corrected chi connectivity index (χ1v) is 8.03. The third-order valence-electron chi connectivity index (χ3n) is 2.59. The molecule has 1 heterocycles. The number of aromatic nitrogens is 3. The molecule has 1 N–H and O–H groups in total. The van der Waals surface area contributed by atoms with Gasteiger partial charge >= 0.3 is 0 Å². The highest BCUT2D eigenvalue weighted by atomic mass is 32.2. The maximum atomic E-state index is 11.8. The Bertz CT molecular complexity index is 455. The summed E-state index contributed by atoms with van der Waals surface area (Å²) in [5.74, 6) is 0.826. The van der Waals surface area contributed by atoms with Crippen LogP contribution in [0.25, 0.3) is 0 Å². The first-order valence-electron chi connectivity index (χ1n) is 6.37. The molecular weight excluding hydrogens is 252 g/mol. The summed E-state index contributed by atoms with van der Waals surface area (Å²) in [6.45, 7) is 6.55. The van der Waals surface area contributed by atoms with Crippen molar-refractivity contribution in [2.75, 3.05) is 5.75 Å². The monoisotopic (exact) mass is 274 g/mol. The Morgan fingerprint density at radius 1 is 1.39 bits per heavy atom. The van der Waals surface area contributed by atoms with Crippen molar-refractivity contribution in [3.05, 3.63) is 12.2 Å². The van der Waals surface area contributed by atoms with Gasteiger partial charge in [-0.25, -0.2) is 22.8 Å². The fraction of sp³-hybridized carbons (Fsp3) is 0.818. The number of hydrogen-bond acceptors (Lipinski definition) is 4. The molecule has 0 unspecified atom stereocenters. The molecule has 0 aromatic carbocycles. The molecular formula is C11H22N4O2S. The molecule has 1 aromatic rings. The summed E-state index contributed by atoms with van der Waals surface area (Å²) in [6.07, 6.45) is 3.93. The lowest BCUT2D eigenvalue weighted by Gasteiger charge is -2.14. The normalized spacial score (nSPS) is 13.7. The van der Waals surface area contributed by atoms with E-state index in [-0.39, 0.29) is 11.8 Å². The minimum absolute atomic E-state index is 0.162. The number of nitrogens with zero attached hydrogens (tertiary/aromatic N) is 3. The minimum atomic E-state index is -3.23. The second-order valence-electron chi connectivity index (χ2n) is 4.35. The lowest BCUT2D eigenvalue weighted by molar-refractivity contribution is 0.514. The van der Waals surface area contributed by atoms with Crippen molar-refractivity contribution in [2.24, 2.45) is 0 Å². The standard InChI is InChI=1S/C11H22N4O2S/c1-4-6-8-18(16,17)14-10(3)11-12-9-13-15(11)7-5-2/h9-10,14H,4-8H2,1-3H3/t10-/m0/s1. The molecule has 0 amide bonds. The van der Waals surface area contributed by atoms with Crippen molar-refractivity contribution in [3.63, 3.8) is 0 Å². The van der Waals surface area contributed by atoms with Gasteiger partial charge in [-0.3, -0.25) is 0 Å². The van der Waals surface area contributed by atoms with Crippen molar-refractivity contribution < 1.29 is 8.42 Å². The molecule has 104 valence electrons. The SMILES string of the molecule is CCCCS(=O)(=O)N[C@@H](C)c1ncnn1CCC. The van der Waals surface area contributed by atoms with E-state index in [1.54, 1.807) is 11.6 Å². The first kappa shape index (κ1) is 15.1. The molecule has 7 heteroatoms. The molecule has 0 radical (unpaired) electrons. The van der Waals surface area contributed by atoms with E-state index in [9.17, 15) is 8.42 Å². The third-order valence-corrected chi connectivity index (χ3v) is 4.13. The molecule has 6 nitrogen and oxygen atoms in total. The maximum Gasteiger partial charge on any atom is 0.212 e. The van der Waals surface area contributed by atoms with Crippen LogP contribution in [0.2, 0.25) is 0 Å². The third kappa shape index (κ3) is 4.38. The maximum absolute atomic E-state index is 11.8. The lowest BCUT2D eigenvalue weighted by atomic mass is 10.3. The Hall–Kier alpha value is -0.950. The Kier molecular flexibility index (Phi) is 5.74. The second-order valence-corrected chi connectivity index (χ2v) is 6.23. The van der Waals surface area contributed by atoms with Crippen LogP contribution in [-0.2, 0) is 16.6 Å². The average Bonchev–Trinajstić information content (AvgIpc) is 2.75. The summed E-state index contributed by atoms with van der Waals surface area (Å²) in [6, 6.07) is -0.346. The van der Waals surface area contributed by atoms with Crippen LogP contribution in [0.5, 0.6) is 0 Å². The summed E-state index contributed by atoms with van der Waals surface area (Å²) in [7, 11) is -3.23. The molecule has 0 saturated heterocycles. The second kappa shape index (κ2) is 6.84. The van der Waals surface area contributed by atoms with Gasteiger partial charge in [0.15, 0.2) is 0 Å². The zero-order valence-electron chi connectivity index (χ0n) is 11.3. The molecule has 0 spiro atoms. The number of sulfonamides is 1. The highest BCUT2D eigenvalue weighted by Crippen LogP contribution is 2.11. The van der Waals surface area contributed by atoms with E-state index >= 15 is 0 Å². The first-order chi connectivity index (χ1) is 8.50. The van der Waals surface area contributed by atoms with Gasteiger partial charge in [0.1, 0.15) is 12.2 Å². The molecule has 0 saturated carbocycles. The molecule has 0 aliphatic rings. The van der Waals surface area contributed by atoms with Crippen molar-refractivity contribution in [1.29, 1.82) is 0 Å². The molecule has 1 rings (SSSR count). The predicted octanol–water partition coefficient (Wildman–Crippen LogP) is 1.47. The summed E-state index contributed by atoms with van der Waals surface area (Å²) in [4.78, 5) is 4.12. The van der Waals surface area contributed by atoms with Crippen LogP contribution in [0.1, 0.15) is 51.9 Å². The van der Waals surface area contributed by atoms with Crippen LogP contribution >= 0.6 is 0 Å². The number of hydrogen-bond donors (Lipinski definition) is 1. The van der Waals surface area contributed by atoms with Crippen molar-refractivity contribution in [2.45, 2.75) is 52.6 Å². The van der Waals surface area contributed by atoms with E-state index < -0.39 is 10.0 Å². The Balaban J connectivity index is 2.69. The highest BCUT2D eigenvalue weighted by molar-refractivity contribution is 7.89.